The number of ether oxygens (including phenoxy) is 5. The van der Waals surface area contributed by atoms with E-state index in [0.717, 1.165) is 10.8 Å². The molecule has 5 rings (SSSR count). The number of amides is 1. The number of carbonyl (C=O) groups is 1. The van der Waals surface area contributed by atoms with Crippen molar-refractivity contribution in [2.75, 3.05) is 33.5 Å². The Hall–Kier alpha value is -3.68. The summed E-state index contributed by atoms with van der Waals surface area (Å²) < 4.78 is 28.3. The summed E-state index contributed by atoms with van der Waals surface area (Å²) in [5.74, 6) is 2.26. The number of nitrogens with zero attached hydrogens (tertiary/aromatic N) is 1. The Labute approximate surface area is 166 Å². The molecular weight excluding hydrogens is 376 g/mol. The maximum Gasteiger partial charge on any atom is 0.267 e. The highest BCUT2D eigenvalue weighted by Crippen LogP contribution is 2.45. The summed E-state index contributed by atoms with van der Waals surface area (Å²) >= 11 is 0. The molecule has 3 aromatic rings. The van der Waals surface area contributed by atoms with Crippen LogP contribution in [0.3, 0.4) is 0 Å². The molecule has 3 heterocycles. The van der Waals surface area contributed by atoms with Gasteiger partial charge in [0.05, 0.1) is 12.8 Å². The van der Waals surface area contributed by atoms with Gasteiger partial charge in [0.2, 0.25) is 5.75 Å². The third kappa shape index (κ3) is 2.93. The molecular formula is C21H18N2O6. The average Bonchev–Trinajstić information content (AvgIpc) is 2.76. The number of fused-ring (bicyclic) bond motifs is 3. The molecule has 2 aliphatic heterocycles. The van der Waals surface area contributed by atoms with Crippen LogP contribution in [-0.4, -0.2) is 44.4 Å². The van der Waals surface area contributed by atoms with Gasteiger partial charge in [0.15, 0.2) is 23.0 Å². The van der Waals surface area contributed by atoms with Crippen molar-refractivity contribution >= 4 is 16.7 Å². The quantitative estimate of drug-likeness (QED) is 0.728. The van der Waals surface area contributed by atoms with Crippen molar-refractivity contribution in [1.82, 2.24) is 4.98 Å². The van der Waals surface area contributed by atoms with Gasteiger partial charge in [-0.1, -0.05) is 0 Å². The zero-order valence-electron chi connectivity index (χ0n) is 15.7. The molecule has 0 radical (unpaired) electrons. The standard InChI is InChI=1S/C21H18N2O6/c1-25-17-8-12(9-18-20(17)29-5-4-28-18)19-13-10-16-15(26-2-3-27-16)7-11(13)6-14(23-19)21(22)24/h6-10H,2-5H2,1H3,(H2,22,24). The number of pyridine rings is 1. The first-order valence-electron chi connectivity index (χ1n) is 9.16. The maximum atomic E-state index is 11.9. The van der Waals surface area contributed by atoms with E-state index >= 15 is 0 Å². The molecule has 0 spiro atoms. The third-order valence-electron chi connectivity index (χ3n) is 4.85. The summed E-state index contributed by atoms with van der Waals surface area (Å²) in [5, 5.41) is 1.56. The normalized spacial score (nSPS) is 14.5. The smallest absolute Gasteiger partial charge is 0.267 e. The highest BCUT2D eigenvalue weighted by Gasteiger charge is 2.22. The fraction of sp³-hybridized carbons (Fsp3) is 0.238. The lowest BCUT2D eigenvalue weighted by Crippen LogP contribution is -2.17. The summed E-state index contributed by atoms with van der Waals surface area (Å²) in [4.78, 5) is 16.4. The number of nitrogens with two attached hydrogens (primary N) is 1. The summed E-state index contributed by atoms with van der Waals surface area (Å²) in [6, 6.07) is 8.96. The van der Waals surface area contributed by atoms with Crippen LogP contribution in [0.1, 0.15) is 10.5 Å². The second-order valence-electron chi connectivity index (χ2n) is 6.64. The van der Waals surface area contributed by atoms with Crippen LogP contribution in [0.4, 0.5) is 0 Å². The molecule has 1 aromatic heterocycles. The minimum Gasteiger partial charge on any atom is -0.493 e. The Morgan fingerprint density at radius 1 is 0.931 bits per heavy atom. The first-order valence-corrected chi connectivity index (χ1v) is 9.16. The molecule has 0 saturated carbocycles. The van der Waals surface area contributed by atoms with Crippen LogP contribution in [-0.2, 0) is 0 Å². The molecule has 8 nitrogen and oxygen atoms in total. The van der Waals surface area contributed by atoms with E-state index in [4.69, 9.17) is 29.4 Å². The van der Waals surface area contributed by atoms with E-state index in [2.05, 4.69) is 4.98 Å². The van der Waals surface area contributed by atoms with E-state index in [1.54, 1.807) is 19.2 Å². The summed E-state index contributed by atoms with van der Waals surface area (Å²) in [6.07, 6.45) is 0. The lowest BCUT2D eigenvalue weighted by Gasteiger charge is -2.22. The monoisotopic (exact) mass is 394 g/mol. The number of primary amides is 1. The van der Waals surface area contributed by atoms with Gasteiger partial charge in [0.1, 0.15) is 32.1 Å². The van der Waals surface area contributed by atoms with E-state index in [0.29, 0.717) is 66.4 Å². The van der Waals surface area contributed by atoms with Crippen LogP contribution in [0.15, 0.2) is 30.3 Å². The van der Waals surface area contributed by atoms with E-state index in [1.807, 2.05) is 18.2 Å². The van der Waals surface area contributed by atoms with Crippen molar-refractivity contribution in [3.63, 3.8) is 0 Å². The van der Waals surface area contributed by atoms with E-state index in [1.165, 1.54) is 0 Å². The largest absolute Gasteiger partial charge is 0.493 e. The first-order chi connectivity index (χ1) is 14.1. The molecule has 0 aliphatic carbocycles. The topological polar surface area (TPSA) is 102 Å². The van der Waals surface area contributed by atoms with Crippen molar-refractivity contribution < 1.29 is 28.5 Å². The number of hydrogen-bond acceptors (Lipinski definition) is 7. The van der Waals surface area contributed by atoms with Gasteiger partial charge in [-0.3, -0.25) is 4.79 Å². The fourth-order valence-corrected chi connectivity index (χ4v) is 3.55. The second-order valence-corrected chi connectivity index (χ2v) is 6.64. The van der Waals surface area contributed by atoms with Gasteiger partial charge in [0.25, 0.3) is 5.91 Å². The van der Waals surface area contributed by atoms with E-state index < -0.39 is 5.91 Å². The van der Waals surface area contributed by atoms with Gasteiger partial charge in [-0.15, -0.1) is 0 Å². The lowest BCUT2D eigenvalue weighted by molar-refractivity contribution is 0.0996. The zero-order valence-corrected chi connectivity index (χ0v) is 15.7. The molecule has 2 aromatic carbocycles. The van der Waals surface area contributed by atoms with Gasteiger partial charge in [-0.2, -0.15) is 0 Å². The number of methoxy groups -OCH3 is 1. The van der Waals surface area contributed by atoms with Crippen LogP contribution >= 0.6 is 0 Å². The molecule has 148 valence electrons. The first kappa shape index (κ1) is 17.4. The molecule has 8 heteroatoms. The van der Waals surface area contributed by atoms with E-state index in [-0.39, 0.29) is 5.69 Å². The van der Waals surface area contributed by atoms with Gasteiger partial charge in [-0.05, 0) is 35.7 Å². The minimum absolute atomic E-state index is 0.151. The Morgan fingerprint density at radius 3 is 2.34 bits per heavy atom. The van der Waals surface area contributed by atoms with Crippen molar-refractivity contribution in [3.8, 4) is 40.0 Å². The molecule has 0 fully saturated rings. The molecule has 0 atom stereocenters. The second kappa shape index (κ2) is 6.73. The Kier molecular flexibility index (Phi) is 4.04. The predicted molar refractivity (Wildman–Crippen MR) is 104 cm³/mol. The Balaban J connectivity index is 1.78. The lowest BCUT2D eigenvalue weighted by atomic mass is 10.0. The molecule has 0 unspecified atom stereocenters. The van der Waals surface area contributed by atoms with E-state index in [9.17, 15) is 4.79 Å². The van der Waals surface area contributed by atoms with Crippen LogP contribution in [0, 0.1) is 0 Å². The minimum atomic E-state index is -0.618. The number of carbonyl (C=O) groups excluding carboxylic acids is 1. The molecule has 1 amide bonds. The average molecular weight is 394 g/mol. The summed E-state index contributed by atoms with van der Waals surface area (Å²) in [7, 11) is 1.56. The number of aromatic nitrogens is 1. The SMILES string of the molecule is COc1cc(-c2nc(C(N)=O)cc3cc4c(cc23)OCCO4)cc2c1OCCO2. The number of hydrogen-bond donors (Lipinski definition) is 1. The van der Waals surface area contributed by atoms with Gasteiger partial charge < -0.3 is 29.4 Å². The van der Waals surface area contributed by atoms with Crippen LogP contribution in [0.5, 0.6) is 28.7 Å². The molecule has 2 N–H and O–H groups in total. The predicted octanol–water partition coefficient (Wildman–Crippen LogP) is 2.55. The number of rotatable bonds is 3. The highest BCUT2D eigenvalue weighted by atomic mass is 16.6. The van der Waals surface area contributed by atoms with Crippen molar-refractivity contribution in [3.05, 3.63) is 36.0 Å². The molecule has 0 saturated heterocycles. The molecule has 29 heavy (non-hydrogen) atoms. The highest BCUT2D eigenvalue weighted by molar-refractivity contribution is 6.02. The molecule has 0 bridgehead atoms. The van der Waals surface area contributed by atoms with Gasteiger partial charge >= 0.3 is 0 Å². The van der Waals surface area contributed by atoms with Crippen LogP contribution in [0.25, 0.3) is 22.0 Å². The Bertz CT molecular complexity index is 1130. The van der Waals surface area contributed by atoms with Crippen LogP contribution in [0.2, 0.25) is 0 Å². The Morgan fingerprint density at radius 2 is 1.62 bits per heavy atom. The van der Waals surface area contributed by atoms with Gasteiger partial charge in [0, 0.05) is 10.9 Å². The van der Waals surface area contributed by atoms with Gasteiger partial charge in [-0.25, -0.2) is 4.98 Å². The van der Waals surface area contributed by atoms with Crippen LogP contribution < -0.4 is 29.4 Å². The maximum absolute atomic E-state index is 11.9. The fourth-order valence-electron chi connectivity index (χ4n) is 3.55. The van der Waals surface area contributed by atoms with Crippen molar-refractivity contribution in [2.45, 2.75) is 0 Å². The molecule has 2 aliphatic rings. The number of benzene rings is 2. The third-order valence-corrected chi connectivity index (χ3v) is 4.85. The summed E-state index contributed by atoms with van der Waals surface area (Å²) in [5.41, 5.74) is 6.94. The summed E-state index contributed by atoms with van der Waals surface area (Å²) in [6.45, 7) is 1.83. The van der Waals surface area contributed by atoms with Crippen molar-refractivity contribution in [1.29, 1.82) is 0 Å². The van der Waals surface area contributed by atoms with Crippen molar-refractivity contribution in [2.24, 2.45) is 5.73 Å². The zero-order chi connectivity index (χ0) is 20.0.